The number of aryl methyl sites for hydroxylation is 1. The van der Waals surface area contributed by atoms with Crippen molar-refractivity contribution < 1.29 is 13.2 Å². The molecule has 0 amide bonds. The van der Waals surface area contributed by atoms with Gasteiger partial charge >= 0.3 is 6.18 Å². The quantitative estimate of drug-likeness (QED) is 0.563. The maximum atomic E-state index is 12.8. The van der Waals surface area contributed by atoms with Crippen LogP contribution in [0.5, 0.6) is 0 Å². The molecule has 0 saturated carbocycles. The van der Waals surface area contributed by atoms with Crippen LogP contribution in [0.25, 0.3) is 10.6 Å². The van der Waals surface area contributed by atoms with E-state index in [4.69, 9.17) is 0 Å². The first-order chi connectivity index (χ1) is 15.2. The molecule has 1 fully saturated rings. The Morgan fingerprint density at radius 3 is 2.31 bits per heavy atom. The zero-order valence-corrected chi connectivity index (χ0v) is 19.0. The minimum Gasteiger partial charge on any atom is -0.354 e. The van der Waals surface area contributed by atoms with Gasteiger partial charge in [0.15, 0.2) is 0 Å². The number of rotatable bonds is 5. The number of anilines is 2. The molecule has 0 unspecified atom stereocenters. The third-order valence-corrected chi connectivity index (χ3v) is 6.26. The van der Waals surface area contributed by atoms with Crippen LogP contribution in [0.3, 0.4) is 0 Å². The van der Waals surface area contributed by atoms with E-state index in [0.717, 1.165) is 67.1 Å². The molecule has 0 bridgehead atoms. The molecule has 1 aliphatic rings. The summed E-state index contributed by atoms with van der Waals surface area (Å²) in [6.45, 7) is 6.18. The average molecular weight is 463 g/mol. The molecule has 3 heterocycles. The Bertz CT molecular complexity index is 1060. The van der Waals surface area contributed by atoms with Crippen LogP contribution in [0.2, 0.25) is 0 Å². The molecular weight excluding hydrogens is 437 g/mol. The van der Waals surface area contributed by atoms with Crippen molar-refractivity contribution in [1.29, 1.82) is 0 Å². The summed E-state index contributed by atoms with van der Waals surface area (Å²) in [4.78, 5) is 20.3. The largest absolute Gasteiger partial charge is 0.416 e. The van der Waals surface area contributed by atoms with Gasteiger partial charge in [-0.3, -0.25) is 4.90 Å². The summed E-state index contributed by atoms with van der Waals surface area (Å²) < 4.78 is 38.3. The van der Waals surface area contributed by atoms with E-state index in [0.29, 0.717) is 11.5 Å². The normalized spacial score (nSPS) is 15.2. The molecular formula is C22H25F3N6S. The lowest BCUT2D eigenvalue weighted by Gasteiger charge is -2.35. The van der Waals surface area contributed by atoms with Gasteiger partial charge in [0.1, 0.15) is 10.8 Å². The number of halogens is 3. The van der Waals surface area contributed by atoms with Crippen LogP contribution in [0.4, 0.5) is 24.9 Å². The van der Waals surface area contributed by atoms with Crippen molar-refractivity contribution in [3.8, 4) is 10.6 Å². The van der Waals surface area contributed by atoms with Gasteiger partial charge in [0.2, 0.25) is 5.95 Å². The Hall–Kier alpha value is -2.72. The van der Waals surface area contributed by atoms with Gasteiger partial charge in [0.25, 0.3) is 0 Å². The van der Waals surface area contributed by atoms with Crippen molar-refractivity contribution in [3.63, 3.8) is 0 Å². The maximum Gasteiger partial charge on any atom is 0.416 e. The molecule has 1 aliphatic heterocycles. The lowest BCUT2D eigenvalue weighted by Crippen LogP contribution is -2.46. The van der Waals surface area contributed by atoms with E-state index in [-0.39, 0.29) is 0 Å². The zero-order valence-electron chi connectivity index (χ0n) is 18.2. The predicted molar refractivity (Wildman–Crippen MR) is 121 cm³/mol. The summed E-state index contributed by atoms with van der Waals surface area (Å²) in [5.41, 5.74) is 1.94. The van der Waals surface area contributed by atoms with Crippen LogP contribution in [0.15, 0.2) is 35.7 Å². The summed E-state index contributed by atoms with van der Waals surface area (Å²) in [7, 11) is 3.87. The Morgan fingerprint density at radius 1 is 1.00 bits per heavy atom. The number of nitrogens with zero attached hydrogens (tertiary/aromatic N) is 6. The summed E-state index contributed by atoms with van der Waals surface area (Å²) in [5.74, 6) is 1.65. The zero-order chi connectivity index (χ0) is 22.9. The van der Waals surface area contributed by atoms with Crippen LogP contribution in [0, 0.1) is 6.92 Å². The number of benzene rings is 1. The summed E-state index contributed by atoms with van der Waals surface area (Å²) >= 11 is 1.46. The predicted octanol–water partition coefficient (Wildman–Crippen LogP) is 4.32. The van der Waals surface area contributed by atoms with Gasteiger partial charge in [-0.1, -0.05) is 12.1 Å². The molecule has 1 saturated heterocycles. The van der Waals surface area contributed by atoms with Crippen LogP contribution < -0.4 is 9.80 Å². The van der Waals surface area contributed by atoms with Gasteiger partial charge in [0, 0.05) is 69.5 Å². The van der Waals surface area contributed by atoms with Gasteiger partial charge < -0.3 is 9.80 Å². The molecule has 2 aromatic heterocycles. The first-order valence-corrected chi connectivity index (χ1v) is 11.2. The van der Waals surface area contributed by atoms with Crippen molar-refractivity contribution in [2.24, 2.45) is 0 Å². The SMILES string of the molecule is Cc1cc(N2CCN(Cc3csc(-c4ccc(C(F)(F)F)cc4)n3)CC2)nc(N(C)C)n1. The van der Waals surface area contributed by atoms with Crippen LogP contribution in [-0.2, 0) is 12.7 Å². The van der Waals surface area contributed by atoms with Gasteiger partial charge in [-0.05, 0) is 19.1 Å². The highest BCUT2D eigenvalue weighted by Crippen LogP contribution is 2.32. The first kappa shape index (κ1) is 22.5. The number of hydrogen-bond acceptors (Lipinski definition) is 7. The van der Waals surface area contributed by atoms with E-state index in [9.17, 15) is 13.2 Å². The van der Waals surface area contributed by atoms with E-state index >= 15 is 0 Å². The van der Waals surface area contributed by atoms with Crippen molar-refractivity contribution in [3.05, 3.63) is 52.7 Å². The molecule has 3 aromatic rings. The molecule has 10 heteroatoms. The van der Waals surface area contributed by atoms with Crippen molar-refractivity contribution >= 4 is 23.1 Å². The lowest BCUT2D eigenvalue weighted by molar-refractivity contribution is -0.137. The van der Waals surface area contributed by atoms with Gasteiger partial charge in [-0.2, -0.15) is 18.2 Å². The Labute approximate surface area is 189 Å². The first-order valence-electron chi connectivity index (χ1n) is 10.3. The monoisotopic (exact) mass is 462 g/mol. The second kappa shape index (κ2) is 9.03. The number of hydrogen-bond donors (Lipinski definition) is 0. The van der Waals surface area contributed by atoms with E-state index in [1.54, 1.807) is 0 Å². The van der Waals surface area contributed by atoms with Gasteiger partial charge in [-0.25, -0.2) is 9.97 Å². The van der Waals surface area contributed by atoms with E-state index in [1.165, 1.54) is 23.5 Å². The Kier molecular flexibility index (Phi) is 6.34. The van der Waals surface area contributed by atoms with Gasteiger partial charge in [-0.15, -0.1) is 11.3 Å². The van der Waals surface area contributed by atoms with E-state index in [1.807, 2.05) is 37.4 Å². The molecule has 170 valence electrons. The fourth-order valence-electron chi connectivity index (χ4n) is 3.58. The van der Waals surface area contributed by atoms with Crippen LogP contribution in [0.1, 0.15) is 17.0 Å². The third kappa shape index (κ3) is 5.18. The molecule has 32 heavy (non-hydrogen) atoms. The van der Waals surface area contributed by atoms with Crippen LogP contribution in [-0.4, -0.2) is 60.1 Å². The fraction of sp³-hybridized carbons (Fsp3) is 0.409. The molecule has 6 nitrogen and oxygen atoms in total. The number of aromatic nitrogens is 3. The standard InChI is InChI=1S/C22H25F3N6S/c1-15-12-19(28-21(26-15)29(2)3)31-10-8-30(9-11-31)13-18-14-32-20(27-18)16-4-6-17(7-5-16)22(23,24)25/h4-7,12,14H,8-11,13H2,1-3H3. The molecule has 0 radical (unpaired) electrons. The number of piperazine rings is 1. The summed E-state index contributed by atoms with van der Waals surface area (Å²) in [5, 5.41) is 2.72. The summed E-state index contributed by atoms with van der Waals surface area (Å²) in [6.07, 6.45) is -4.33. The van der Waals surface area contributed by atoms with Crippen LogP contribution >= 0.6 is 11.3 Å². The molecule has 4 rings (SSSR count). The lowest BCUT2D eigenvalue weighted by atomic mass is 10.1. The third-order valence-electron chi connectivity index (χ3n) is 5.32. The minimum atomic E-state index is -4.33. The smallest absolute Gasteiger partial charge is 0.354 e. The average Bonchev–Trinajstić information content (AvgIpc) is 3.22. The Balaban J connectivity index is 1.36. The van der Waals surface area contributed by atoms with E-state index in [2.05, 4.69) is 24.8 Å². The van der Waals surface area contributed by atoms with Crippen molar-refractivity contribution in [1.82, 2.24) is 19.9 Å². The highest BCUT2D eigenvalue weighted by Gasteiger charge is 2.30. The number of thiazole rings is 1. The molecule has 0 N–H and O–H groups in total. The molecule has 0 spiro atoms. The maximum absolute atomic E-state index is 12.8. The summed E-state index contributed by atoms with van der Waals surface area (Å²) in [6, 6.07) is 7.18. The topological polar surface area (TPSA) is 48.4 Å². The van der Waals surface area contributed by atoms with Gasteiger partial charge in [0.05, 0.1) is 11.3 Å². The minimum absolute atomic E-state index is 0.646. The second-order valence-corrected chi connectivity index (χ2v) is 8.90. The highest BCUT2D eigenvalue weighted by molar-refractivity contribution is 7.13. The number of alkyl halides is 3. The Morgan fingerprint density at radius 2 is 1.69 bits per heavy atom. The molecule has 1 aromatic carbocycles. The molecule has 0 aliphatic carbocycles. The van der Waals surface area contributed by atoms with E-state index < -0.39 is 11.7 Å². The fourth-order valence-corrected chi connectivity index (χ4v) is 4.39. The molecule has 0 atom stereocenters. The van der Waals surface area contributed by atoms with Crippen molar-refractivity contribution in [2.45, 2.75) is 19.6 Å². The highest BCUT2D eigenvalue weighted by atomic mass is 32.1. The van der Waals surface area contributed by atoms with Crippen molar-refractivity contribution in [2.75, 3.05) is 50.1 Å². The second-order valence-electron chi connectivity index (χ2n) is 8.04.